The summed E-state index contributed by atoms with van der Waals surface area (Å²) in [6.45, 7) is 7.62. The van der Waals surface area contributed by atoms with Gasteiger partial charge in [0.25, 0.3) is 0 Å². The second-order valence-corrected chi connectivity index (χ2v) is 4.71. The number of nitrogens with zero attached hydrogens (tertiary/aromatic N) is 1. The third-order valence-electron chi connectivity index (χ3n) is 3.27. The summed E-state index contributed by atoms with van der Waals surface area (Å²) in [5.41, 5.74) is 2.92. The molecular formula is C13H20N2O. The van der Waals surface area contributed by atoms with E-state index in [1.54, 1.807) is 0 Å². The Morgan fingerprint density at radius 1 is 1.50 bits per heavy atom. The van der Waals surface area contributed by atoms with E-state index >= 15 is 0 Å². The Kier molecular flexibility index (Phi) is 3.15. The maximum atomic E-state index is 12.1. The molecule has 0 aliphatic heterocycles. The van der Waals surface area contributed by atoms with Gasteiger partial charge in [-0.05, 0) is 39.3 Å². The third-order valence-corrected chi connectivity index (χ3v) is 3.27. The van der Waals surface area contributed by atoms with Crippen molar-refractivity contribution >= 4 is 5.78 Å². The van der Waals surface area contributed by atoms with Crippen molar-refractivity contribution in [1.82, 2.24) is 9.88 Å². The zero-order valence-corrected chi connectivity index (χ0v) is 10.3. The van der Waals surface area contributed by atoms with E-state index in [2.05, 4.69) is 16.8 Å². The summed E-state index contributed by atoms with van der Waals surface area (Å²) in [5.74, 6) is 0.246. The van der Waals surface area contributed by atoms with Crippen LogP contribution in [0, 0.1) is 13.8 Å². The highest BCUT2D eigenvalue weighted by molar-refractivity contribution is 5.98. The first-order valence-corrected chi connectivity index (χ1v) is 6.05. The number of likely N-dealkylation sites (N-methyl/N-ethyl adjacent to an activating group) is 1. The van der Waals surface area contributed by atoms with Crippen molar-refractivity contribution in [2.24, 2.45) is 0 Å². The van der Waals surface area contributed by atoms with Crippen LogP contribution in [0.1, 0.15) is 41.5 Å². The largest absolute Gasteiger partial charge is 0.362 e. The van der Waals surface area contributed by atoms with Crippen LogP contribution in [-0.2, 0) is 0 Å². The van der Waals surface area contributed by atoms with Crippen LogP contribution in [-0.4, -0.2) is 34.8 Å². The summed E-state index contributed by atoms with van der Waals surface area (Å²) < 4.78 is 0. The van der Waals surface area contributed by atoms with Crippen LogP contribution in [0.15, 0.2) is 6.07 Å². The van der Waals surface area contributed by atoms with E-state index in [-0.39, 0.29) is 5.78 Å². The van der Waals surface area contributed by atoms with E-state index < -0.39 is 0 Å². The molecule has 0 atom stereocenters. The molecule has 1 fully saturated rings. The number of rotatable bonds is 5. The van der Waals surface area contributed by atoms with Gasteiger partial charge in [0, 0.05) is 23.0 Å². The van der Waals surface area contributed by atoms with Gasteiger partial charge >= 0.3 is 0 Å². The van der Waals surface area contributed by atoms with E-state index in [0.29, 0.717) is 12.6 Å². The van der Waals surface area contributed by atoms with Crippen molar-refractivity contribution in [2.45, 2.75) is 39.7 Å². The second-order valence-electron chi connectivity index (χ2n) is 4.71. The van der Waals surface area contributed by atoms with Crippen LogP contribution in [0.2, 0.25) is 0 Å². The van der Waals surface area contributed by atoms with E-state index in [0.717, 1.165) is 23.5 Å². The maximum absolute atomic E-state index is 12.1. The monoisotopic (exact) mass is 220 g/mol. The van der Waals surface area contributed by atoms with Gasteiger partial charge in [-0.3, -0.25) is 9.69 Å². The number of hydrogen-bond acceptors (Lipinski definition) is 2. The van der Waals surface area contributed by atoms with Crippen molar-refractivity contribution in [1.29, 1.82) is 0 Å². The molecular weight excluding hydrogens is 200 g/mol. The van der Waals surface area contributed by atoms with Gasteiger partial charge < -0.3 is 4.98 Å². The van der Waals surface area contributed by atoms with E-state index in [1.807, 2.05) is 19.9 Å². The minimum atomic E-state index is 0.246. The van der Waals surface area contributed by atoms with Gasteiger partial charge in [0.2, 0.25) is 0 Å². The Morgan fingerprint density at radius 2 is 2.19 bits per heavy atom. The van der Waals surface area contributed by atoms with Crippen LogP contribution in [0.5, 0.6) is 0 Å². The van der Waals surface area contributed by atoms with Crippen molar-refractivity contribution in [3.05, 3.63) is 23.0 Å². The summed E-state index contributed by atoms with van der Waals surface area (Å²) in [5, 5.41) is 0. The molecule has 2 rings (SSSR count). The lowest BCUT2D eigenvalue weighted by atomic mass is 10.1. The number of H-pyrrole nitrogens is 1. The molecule has 0 amide bonds. The number of hydrogen-bond donors (Lipinski definition) is 1. The minimum Gasteiger partial charge on any atom is -0.362 e. The topological polar surface area (TPSA) is 36.1 Å². The average molecular weight is 220 g/mol. The number of ketones is 1. The molecule has 0 aromatic carbocycles. The summed E-state index contributed by atoms with van der Waals surface area (Å²) in [4.78, 5) is 17.6. The molecule has 1 aliphatic carbocycles. The van der Waals surface area contributed by atoms with E-state index in [4.69, 9.17) is 0 Å². The van der Waals surface area contributed by atoms with Crippen molar-refractivity contribution in [2.75, 3.05) is 13.1 Å². The molecule has 88 valence electrons. The molecule has 3 nitrogen and oxygen atoms in total. The van der Waals surface area contributed by atoms with Crippen LogP contribution in [0.25, 0.3) is 0 Å². The van der Waals surface area contributed by atoms with Gasteiger partial charge in [-0.1, -0.05) is 6.92 Å². The lowest BCUT2D eigenvalue weighted by Gasteiger charge is -2.18. The molecule has 1 aliphatic rings. The molecule has 0 spiro atoms. The molecule has 1 N–H and O–H groups in total. The zero-order valence-electron chi connectivity index (χ0n) is 10.3. The molecule has 0 unspecified atom stereocenters. The summed E-state index contributed by atoms with van der Waals surface area (Å²) in [6, 6.07) is 2.62. The van der Waals surface area contributed by atoms with Gasteiger partial charge in [0.1, 0.15) is 0 Å². The normalized spacial score (nSPS) is 15.8. The first kappa shape index (κ1) is 11.4. The molecule has 3 heteroatoms. The van der Waals surface area contributed by atoms with Gasteiger partial charge in [0.15, 0.2) is 5.78 Å². The van der Waals surface area contributed by atoms with Crippen LogP contribution >= 0.6 is 0 Å². The average Bonchev–Trinajstić information content (AvgIpc) is 3.01. The van der Waals surface area contributed by atoms with Gasteiger partial charge in [-0.15, -0.1) is 0 Å². The summed E-state index contributed by atoms with van der Waals surface area (Å²) in [6.07, 6.45) is 2.51. The fourth-order valence-corrected chi connectivity index (χ4v) is 2.22. The molecule has 1 saturated carbocycles. The number of nitrogens with one attached hydrogen (secondary N) is 1. The third kappa shape index (κ3) is 2.35. The number of Topliss-reactive ketones (excluding diaryl/α,β-unsaturated/α-hetero) is 1. The highest BCUT2D eigenvalue weighted by Crippen LogP contribution is 2.26. The van der Waals surface area contributed by atoms with Crippen LogP contribution in [0.3, 0.4) is 0 Å². The molecule has 0 radical (unpaired) electrons. The van der Waals surface area contributed by atoms with Crippen LogP contribution in [0.4, 0.5) is 0 Å². The Balaban J connectivity index is 2.04. The number of aromatic amines is 1. The smallest absolute Gasteiger partial charge is 0.178 e. The molecule has 1 aromatic heterocycles. The SMILES string of the molecule is CCN(CC(=O)c1cc(C)[nH]c1C)C1CC1. The lowest BCUT2D eigenvalue weighted by Crippen LogP contribution is -2.31. The first-order chi connectivity index (χ1) is 7.61. The highest BCUT2D eigenvalue weighted by Gasteiger charge is 2.29. The predicted molar refractivity (Wildman–Crippen MR) is 64.9 cm³/mol. The van der Waals surface area contributed by atoms with E-state index in [9.17, 15) is 4.79 Å². The van der Waals surface area contributed by atoms with Gasteiger partial charge in [0.05, 0.1) is 6.54 Å². The predicted octanol–water partition coefficient (Wildman–Crippen LogP) is 2.30. The number of aromatic nitrogens is 1. The van der Waals surface area contributed by atoms with Gasteiger partial charge in [-0.2, -0.15) is 0 Å². The van der Waals surface area contributed by atoms with E-state index in [1.165, 1.54) is 12.8 Å². The standard InChI is InChI=1S/C13H20N2O/c1-4-15(11-5-6-11)8-13(16)12-7-9(2)14-10(12)3/h7,11,14H,4-6,8H2,1-3H3. The molecule has 1 heterocycles. The first-order valence-electron chi connectivity index (χ1n) is 6.05. The fraction of sp³-hybridized carbons (Fsp3) is 0.615. The minimum absolute atomic E-state index is 0.246. The Hall–Kier alpha value is -1.09. The molecule has 1 aromatic rings. The zero-order chi connectivity index (χ0) is 11.7. The number of aryl methyl sites for hydroxylation is 2. The van der Waals surface area contributed by atoms with Crippen molar-refractivity contribution < 1.29 is 4.79 Å². The Bertz CT molecular complexity index is 391. The number of carbonyl (C=O) groups excluding carboxylic acids is 1. The molecule has 0 saturated heterocycles. The summed E-state index contributed by atoms with van der Waals surface area (Å²) in [7, 11) is 0. The molecule has 16 heavy (non-hydrogen) atoms. The highest BCUT2D eigenvalue weighted by atomic mass is 16.1. The number of carbonyl (C=O) groups is 1. The molecule has 0 bridgehead atoms. The fourth-order valence-electron chi connectivity index (χ4n) is 2.22. The maximum Gasteiger partial charge on any atom is 0.178 e. The quantitative estimate of drug-likeness (QED) is 0.773. The van der Waals surface area contributed by atoms with Crippen molar-refractivity contribution in [3.8, 4) is 0 Å². The second kappa shape index (κ2) is 4.42. The Labute approximate surface area is 96.8 Å². The summed E-state index contributed by atoms with van der Waals surface area (Å²) >= 11 is 0. The van der Waals surface area contributed by atoms with Crippen molar-refractivity contribution in [3.63, 3.8) is 0 Å². The van der Waals surface area contributed by atoms with Crippen LogP contribution < -0.4 is 0 Å². The lowest BCUT2D eigenvalue weighted by molar-refractivity contribution is 0.0928. The van der Waals surface area contributed by atoms with Gasteiger partial charge in [-0.25, -0.2) is 0 Å². The Morgan fingerprint density at radius 3 is 2.62 bits per heavy atom.